The second-order valence-electron chi connectivity index (χ2n) is 4.37. The van der Waals surface area contributed by atoms with E-state index in [-0.39, 0.29) is 23.5 Å². The van der Waals surface area contributed by atoms with E-state index in [1.54, 1.807) is 12.1 Å². The Morgan fingerprint density at radius 1 is 1.14 bits per heavy atom. The highest BCUT2D eigenvalue weighted by Crippen LogP contribution is 2.20. The highest BCUT2D eigenvalue weighted by atomic mass is 35.5. The van der Waals surface area contributed by atoms with E-state index in [0.717, 1.165) is 0 Å². The lowest BCUT2D eigenvalue weighted by molar-refractivity contribution is 0.574. The van der Waals surface area contributed by atoms with Crippen LogP contribution in [-0.4, -0.2) is 8.42 Å². The Balaban J connectivity index is 2.21. The largest absolute Gasteiger partial charge is 0.326 e. The van der Waals surface area contributed by atoms with Crippen LogP contribution in [0, 0.1) is 5.82 Å². The van der Waals surface area contributed by atoms with E-state index in [0.29, 0.717) is 10.6 Å². The van der Waals surface area contributed by atoms with Gasteiger partial charge in [-0.2, -0.15) is 0 Å². The van der Waals surface area contributed by atoms with Crippen molar-refractivity contribution in [1.82, 2.24) is 4.72 Å². The van der Waals surface area contributed by atoms with Crippen LogP contribution in [0.5, 0.6) is 0 Å². The van der Waals surface area contributed by atoms with Crippen molar-refractivity contribution in [3.05, 3.63) is 64.4 Å². The van der Waals surface area contributed by atoms with Gasteiger partial charge in [0.05, 0.1) is 4.90 Å². The van der Waals surface area contributed by atoms with E-state index >= 15 is 0 Å². The summed E-state index contributed by atoms with van der Waals surface area (Å²) >= 11 is 5.90. The summed E-state index contributed by atoms with van der Waals surface area (Å²) in [6, 6.07) is 10.2. The van der Waals surface area contributed by atoms with Crippen LogP contribution in [0.4, 0.5) is 4.39 Å². The van der Waals surface area contributed by atoms with Gasteiger partial charge in [0, 0.05) is 23.7 Å². The highest BCUT2D eigenvalue weighted by Gasteiger charge is 2.16. The number of benzene rings is 2. The molecule has 7 heteroatoms. The van der Waals surface area contributed by atoms with Crippen LogP contribution in [0.2, 0.25) is 5.02 Å². The summed E-state index contributed by atoms with van der Waals surface area (Å²) in [6.07, 6.45) is 0. The van der Waals surface area contributed by atoms with Crippen molar-refractivity contribution in [3.8, 4) is 0 Å². The van der Waals surface area contributed by atoms with Crippen LogP contribution in [0.25, 0.3) is 0 Å². The lowest BCUT2D eigenvalue weighted by atomic mass is 10.2. The van der Waals surface area contributed by atoms with Crippen LogP contribution in [0.15, 0.2) is 47.4 Å². The minimum absolute atomic E-state index is 0.0451. The molecule has 112 valence electrons. The van der Waals surface area contributed by atoms with E-state index < -0.39 is 15.8 Å². The van der Waals surface area contributed by atoms with Gasteiger partial charge in [0.1, 0.15) is 5.82 Å². The van der Waals surface area contributed by atoms with Gasteiger partial charge < -0.3 is 5.73 Å². The summed E-state index contributed by atoms with van der Waals surface area (Å²) in [4.78, 5) is 0.0451. The zero-order valence-electron chi connectivity index (χ0n) is 11.0. The molecule has 21 heavy (non-hydrogen) atoms. The number of nitrogens with one attached hydrogen (secondary N) is 1. The van der Waals surface area contributed by atoms with Gasteiger partial charge in [0.2, 0.25) is 10.0 Å². The van der Waals surface area contributed by atoms with E-state index in [1.807, 2.05) is 0 Å². The molecular weight excluding hydrogens is 315 g/mol. The van der Waals surface area contributed by atoms with E-state index in [2.05, 4.69) is 4.72 Å². The Morgan fingerprint density at radius 3 is 2.52 bits per heavy atom. The number of rotatable bonds is 5. The van der Waals surface area contributed by atoms with Gasteiger partial charge in [0.15, 0.2) is 0 Å². The van der Waals surface area contributed by atoms with Crippen LogP contribution < -0.4 is 10.5 Å². The van der Waals surface area contributed by atoms with Gasteiger partial charge in [-0.05, 0) is 29.8 Å². The lowest BCUT2D eigenvalue weighted by Gasteiger charge is -2.09. The fourth-order valence-corrected chi connectivity index (χ4v) is 3.02. The minimum Gasteiger partial charge on any atom is -0.326 e. The fraction of sp³-hybridized carbons (Fsp3) is 0.143. The van der Waals surface area contributed by atoms with Gasteiger partial charge in [-0.1, -0.05) is 29.8 Å². The molecular formula is C14H14ClFN2O2S. The molecule has 2 rings (SSSR count). The van der Waals surface area contributed by atoms with Crippen molar-refractivity contribution >= 4 is 21.6 Å². The molecule has 0 spiro atoms. The molecule has 0 aliphatic heterocycles. The molecule has 4 nitrogen and oxygen atoms in total. The van der Waals surface area contributed by atoms with Crippen molar-refractivity contribution in [2.45, 2.75) is 18.0 Å². The molecule has 0 radical (unpaired) electrons. The third kappa shape index (κ3) is 3.79. The number of hydrogen-bond donors (Lipinski definition) is 2. The second kappa shape index (κ2) is 6.53. The molecule has 3 N–H and O–H groups in total. The van der Waals surface area contributed by atoms with Crippen LogP contribution in [0.1, 0.15) is 11.1 Å². The molecule has 0 saturated carbocycles. The smallest absolute Gasteiger partial charge is 0.240 e. The number of sulfonamides is 1. The third-order valence-electron chi connectivity index (χ3n) is 2.96. The van der Waals surface area contributed by atoms with Crippen molar-refractivity contribution in [2.75, 3.05) is 0 Å². The van der Waals surface area contributed by atoms with Crippen molar-refractivity contribution in [3.63, 3.8) is 0 Å². The SMILES string of the molecule is NCc1cc(S(=O)(=O)NCc2ccccc2F)ccc1Cl. The van der Waals surface area contributed by atoms with E-state index in [9.17, 15) is 12.8 Å². The van der Waals surface area contributed by atoms with Crippen molar-refractivity contribution < 1.29 is 12.8 Å². The predicted molar refractivity (Wildman–Crippen MR) is 79.8 cm³/mol. The molecule has 2 aromatic rings. The first-order chi connectivity index (χ1) is 9.94. The Morgan fingerprint density at radius 2 is 1.86 bits per heavy atom. The molecule has 0 saturated heterocycles. The summed E-state index contributed by atoms with van der Waals surface area (Å²) < 4.78 is 40.2. The Hall–Kier alpha value is -1.47. The van der Waals surface area contributed by atoms with Crippen molar-refractivity contribution in [1.29, 1.82) is 0 Å². The van der Waals surface area contributed by atoms with Crippen molar-refractivity contribution in [2.24, 2.45) is 5.73 Å². The molecule has 0 unspecified atom stereocenters. The van der Waals surface area contributed by atoms with Crippen LogP contribution in [-0.2, 0) is 23.1 Å². The summed E-state index contributed by atoms with van der Waals surface area (Å²) in [6.45, 7) is 0.00506. The first-order valence-corrected chi connectivity index (χ1v) is 8.01. The first kappa shape index (κ1) is 15.9. The van der Waals surface area contributed by atoms with Crippen LogP contribution >= 0.6 is 11.6 Å². The topological polar surface area (TPSA) is 72.2 Å². The normalized spacial score (nSPS) is 11.6. The minimum atomic E-state index is -3.76. The fourth-order valence-electron chi connectivity index (χ4n) is 1.77. The molecule has 0 aromatic heterocycles. The molecule has 0 bridgehead atoms. The molecule has 0 heterocycles. The number of hydrogen-bond acceptors (Lipinski definition) is 3. The number of nitrogens with two attached hydrogens (primary N) is 1. The first-order valence-electron chi connectivity index (χ1n) is 6.15. The van der Waals surface area contributed by atoms with Gasteiger partial charge in [-0.3, -0.25) is 0 Å². The lowest BCUT2D eigenvalue weighted by Crippen LogP contribution is -2.24. The second-order valence-corrected chi connectivity index (χ2v) is 6.55. The zero-order chi connectivity index (χ0) is 15.5. The van der Waals surface area contributed by atoms with E-state index in [1.165, 1.54) is 30.3 Å². The summed E-state index contributed by atoms with van der Waals surface area (Å²) in [7, 11) is -3.76. The Labute approximate surface area is 127 Å². The third-order valence-corrected chi connectivity index (χ3v) is 4.73. The van der Waals surface area contributed by atoms with E-state index in [4.69, 9.17) is 17.3 Å². The van der Waals surface area contributed by atoms with Gasteiger partial charge >= 0.3 is 0 Å². The average Bonchev–Trinajstić information content (AvgIpc) is 2.46. The molecule has 0 fully saturated rings. The molecule has 0 aliphatic rings. The molecule has 2 aromatic carbocycles. The Bertz CT molecular complexity index is 750. The molecule has 0 amide bonds. The predicted octanol–water partition coefficient (Wildman–Crippen LogP) is 2.42. The average molecular weight is 329 g/mol. The van der Waals surface area contributed by atoms with Gasteiger partial charge in [-0.15, -0.1) is 0 Å². The maximum absolute atomic E-state index is 13.5. The molecule has 0 atom stereocenters. The standard InChI is InChI=1S/C14H14ClFN2O2S/c15-13-6-5-12(7-11(13)8-17)21(19,20)18-9-10-3-1-2-4-14(10)16/h1-7,18H,8-9,17H2. The zero-order valence-corrected chi connectivity index (χ0v) is 12.6. The van der Waals surface area contributed by atoms with Gasteiger partial charge in [0.25, 0.3) is 0 Å². The summed E-state index contributed by atoms with van der Waals surface area (Å²) in [5.41, 5.74) is 6.30. The summed E-state index contributed by atoms with van der Waals surface area (Å²) in [5.74, 6) is -0.459. The van der Waals surface area contributed by atoms with Gasteiger partial charge in [-0.25, -0.2) is 17.5 Å². The Kier molecular flexibility index (Phi) is 4.95. The maximum Gasteiger partial charge on any atom is 0.240 e. The molecule has 0 aliphatic carbocycles. The number of halogens is 2. The summed E-state index contributed by atoms with van der Waals surface area (Å²) in [5, 5.41) is 0.408. The van der Waals surface area contributed by atoms with Crippen LogP contribution in [0.3, 0.4) is 0 Å². The quantitative estimate of drug-likeness (QED) is 0.885. The monoisotopic (exact) mass is 328 g/mol. The maximum atomic E-state index is 13.5. The highest BCUT2D eigenvalue weighted by molar-refractivity contribution is 7.89.